The van der Waals surface area contributed by atoms with Crippen molar-refractivity contribution in [1.29, 1.82) is 0 Å². The molecule has 0 bridgehead atoms. The average molecular weight is 459 g/mol. The molecule has 0 saturated heterocycles. The van der Waals surface area contributed by atoms with E-state index in [1.807, 2.05) is 4.72 Å². The molecule has 2 aromatic rings. The van der Waals surface area contributed by atoms with Crippen molar-refractivity contribution in [3.63, 3.8) is 0 Å². The Morgan fingerprint density at radius 1 is 1.10 bits per heavy atom. The molecule has 1 unspecified atom stereocenters. The maximum Gasteiger partial charge on any atom is 0.416 e. The molecule has 3 N–H and O–H groups in total. The molecule has 0 spiro atoms. The number of carbonyl (C=O) groups excluding carboxylic acids is 2. The summed E-state index contributed by atoms with van der Waals surface area (Å²) in [4.78, 5) is 24.5. The number of fused-ring (bicyclic) bond motifs is 1. The van der Waals surface area contributed by atoms with Crippen molar-refractivity contribution in [3.8, 4) is 0 Å². The van der Waals surface area contributed by atoms with Gasteiger partial charge in [0.2, 0.25) is 5.91 Å². The van der Waals surface area contributed by atoms with Crippen LogP contribution < -0.4 is 15.4 Å². The zero-order chi connectivity index (χ0) is 23.2. The summed E-state index contributed by atoms with van der Waals surface area (Å²) >= 11 is 0. The van der Waals surface area contributed by atoms with Crippen molar-refractivity contribution < 1.29 is 35.6 Å². The SMILES string of the molecule is CCC1(C)NC(=O)c2cc(S(=O)(=O)Nc3ccc(C(F)(F)F)cc3F)ccc2NC1=O. The number of halogens is 4. The number of anilines is 2. The quantitative estimate of drug-likeness (QED) is 0.609. The van der Waals surface area contributed by atoms with Crippen molar-refractivity contribution in [1.82, 2.24) is 5.32 Å². The Morgan fingerprint density at radius 2 is 1.77 bits per heavy atom. The predicted molar refractivity (Wildman–Crippen MR) is 103 cm³/mol. The zero-order valence-corrected chi connectivity index (χ0v) is 17.0. The van der Waals surface area contributed by atoms with E-state index in [2.05, 4.69) is 10.6 Å². The fourth-order valence-corrected chi connectivity index (χ4v) is 3.94. The minimum atomic E-state index is -4.79. The third-order valence-electron chi connectivity index (χ3n) is 4.93. The number of amides is 2. The molecule has 31 heavy (non-hydrogen) atoms. The first-order valence-corrected chi connectivity index (χ1v) is 10.4. The third kappa shape index (κ3) is 4.33. The minimum absolute atomic E-state index is 0.0827. The second-order valence-corrected chi connectivity index (χ2v) is 8.78. The molecule has 1 heterocycles. The summed E-state index contributed by atoms with van der Waals surface area (Å²) in [6.45, 7) is 3.20. The average Bonchev–Trinajstić information content (AvgIpc) is 2.77. The van der Waals surface area contributed by atoms with Crippen LogP contribution in [0.5, 0.6) is 0 Å². The number of benzene rings is 2. The molecule has 0 saturated carbocycles. The maximum atomic E-state index is 14.0. The molecule has 2 aromatic carbocycles. The molecule has 0 aromatic heterocycles. The Bertz CT molecular complexity index is 1180. The van der Waals surface area contributed by atoms with Crippen LogP contribution >= 0.6 is 0 Å². The van der Waals surface area contributed by atoms with Gasteiger partial charge in [0, 0.05) is 0 Å². The van der Waals surface area contributed by atoms with Gasteiger partial charge in [0.1, 0.15) is 11.4 Å². The molecule has 3 rings (SSSR count). The van der Waals surface area contributed by atoms with Crippen molar-refractivity contribution in [2.24, 2.45) is 0 Å². The van der Waals surface area contributed by atoms with Crippen LogP contribution in [0.25, 0.3) is 0 Å². The van der Waals surface area contributed by atoms with Gasteiger partial charge in [-0.05, 0) is 49.7 Å². The highest BCUT2D eigenvalue weighted by Crippen LogP contribution is 2.32. The number of nitrogens with one attached hydrogen (secondary N) is 3. The summed E-state index contributed by atoms with van der Waals surface area (Å²) in [5, 5.41) is 5.08. The molecule has 1 aliphatic rings. The van der Waals surface area contributed by atoms with Crippen LogP contribution in [0.1, 0.15) is 36.2 Å². The summed E-state index contributed by atoms with van der Waals surface area (Å²) in [6.07, 6.45) is -4.52. The zero-order valence-electron chi connectivity index (χ0n) is 16.2. The molecule has 1 aliphatic heterocycles. The fraction of sp³-hybridized carbons (Fsp3) is 0.263. The van der Waals surface area contributed by atoms with Gasteiger partial charge < -0.3 is 10.6 Å². The fourth-order valence-electron chi connectivity index (χ4n) is 2.85. The van der Waals surface area contributed by atoms with E-state index in [4.69, 9.17) is 0 Å². The second-order valence-electron chi connectivity index (χ2n) is 7.10. The lowest BCUT2D eigenvalue weighted by molar-refractivity contribution is -0.137. The summed E-state index contributed by atoms with van der Waals surface area (Å²) in [5.41, 5.74) is -3.24. The van der Waals surface area contributed by atoms with E-state index in [0.717, 1.165) is 12.1 Å². The van der Waals surface area contributed by atoms with Crippen LogP contribution in [-0.4, -0.2) is 25.8 Å². The van der Waals surface area contributed by atoms with E-state index in [0.29, 0.717) is 12.1 Å². The van der Waals surface area contributed by atoms with E-state index < -0.39 is 55.5 Å². The molecule has 7 nitrogen and oxygen atoms in total. The number of rotatable bonds is 4. The van der Waals surface area contributed by atoms with Crippen LogP contribution in [-0.2, 0) is 21.0 Å². The first-order chi connectivity index (χ1) is 14.3. The molecule has 0 radical (unpaired) electrons. The first kappa shape index (κ1) is 22.5. The van der Waals surface area contributed by atoms with Gasteiger partial charge in [0.15, 0.2) is 0 Å². The van der Waals surface area contributed by atoms with E-state index in [1.54, 1.807) is 6.92 Å². The molecular weight excluding hydrogens is 442 g/mol. The van der Waals surface area contributed by atoms with E-state index in [9.17, 15) is 35.6 Å². The van der Waals surface area contributed by atoms with Gasteiger partial charge in [-0.15, -0.1) is 0 Å². The highest BCUT2D eigenvalue weighted by Gasteiger charge is 2.37. The van der Waals surface area contributed by atoms with Gasteiger partial charge in [-0.25, -0.2) is 12.8 Å². The Hall–Kier alpha value is -3.15. The predicted octanol–water partition coefficient (Wildman–Crippen LogP) is 3.50. The monoisotopic (exact) mass is 459 g/mol. The van der Waals surface area contributed by atoms with Gasteiger partial charge in [-0.1, -0.05) is 6.92 Å². The normalized spacial score (nSPS) is 19.2. The van der Waals surface area contributed by atoms with Crippen molar-refractivity contribution in [3.05, 3.63) is 53.3 Å². The smallest absolute Gasteiger partial charge is 0.338 e. The summed E-state index contributed by atoms with van der Waals surface area (Å²) in [6, 6.07) is 4.61. The molecule has 0 aliphatic carbocycles. The lowest BCUT2D eigenvalue weighted by atomic mass is 9.98. The summed E-state index contributed by atoms with van der Waals surface area (Å²) < 4.78 is 79.2. The second kappa shape index (κ2) is 7.52. The van der Waals surface area contributed by atoms with Gasteiger partial charge in [-0.2, -0.15) is 13.2 Å². The topological polar surface area (TPSA) is 104 Å². The van der Waals surface area contributed by atoms with Gasteiger partial charge in [-0.3, -0.25) is 14.3 Å². The van der Waals surface area contributed by atoms with E-state index >= 15 is 0 Å². The number of hydrogen-bond donors (Lipinski definition) is 3. The maximum absolute atomic E-state index is 14.0. The van der Waals surface area contributed by atoms with Crippen molar-refractivity contribution in [2.45, 2.75) is 36.9 Å². The van der Waals surface area contributed by atoms with Crippen LogP contribution in [0.4, 0.5) is 28.9 Å². The number of carbonyl (C=O) groups is 2. The highest BCUT2D eigenvalue weighted by atomic mass is 32.2. The number of sulfonamides is 1. The molecule has 1 atom stereocenters. The lowest BCUT2D eigenvalue weighted by Crippen LogP contribution is -2.52. The van der Waals surface area contributed by atoms with Gasteiger partial charge in [0.05, 0.1) is 27.4 Å². The summed E-state index contributed by atoms with van der Waals surface area (Å²) in [5.74, 6) is -2.60. The first-order valence-electron chi connectivity index (χ1n) is 8.94. The number of hydrogen-bond acceptors (Lipinski definition) is 4. The molecule has 166 valence electrons. The van der Waals surface area contributed by atoms with Gasteiger partial charge >= 0.3 is 6.18 Å². The largest absolute Gasteiger partial charge is 0.416 e. The standard InChI is InChI=1S/C19H17F4N3O4S/c1-3-18(2)17(28)24-14-7-5-11(9-12(14)16(27)25-18)31(29,30)26-15-6-4-10(8-13(15)20)19(21,22)23/h4-9,26H,3H2,1-2H3,(H,24,28)(H,25,27). The van der Waals surface area contributed by atoms with Crippen LogP contribution in [0, 0.1) is 5.82 Å². The van der Waals surface area contributed by atoms with E-state index in [-0.39, 0.29) is 23.7 Å². The molecular formula is C19H17F4N3O4S. The van der Waals surface area contributed by atoms with Gasteiger partial charge in [0.25, 0.3) is 15.9 Å². The Labute approximate surface area is 174 Å². The van der Waals surface area contributed by atoms with Crippen molar-refractivity contribution in [2.75, 3.05) is 10.0 Å². The van der Waals surface area contributed by atoms with Crippen molar-refractivity contribution >= 4 is 33.2 Å². The number of alkyl halides is 3. The van der Waals surface area contributed by atoms with Crippen LogP contribution in [0.2, 0.25) is 0 Å². The highest BCUT2D eigenvalue weighted by molar-refractivity contribution is 7.92. The van der Waals surface area contributed by atoms with Crippen LogP contribution in [0.15, 0.2) is 41.3 Å². The Kier molecular flexibility index (Phi) is 5.47. The van der Waals surface area contributed by atoms with Crippen LogP contribution in [0.3, 0.4) is 0 Å². The van der Waals surface area contributed by atoms with E-state index in [1.165, 1.54) is 13.0 Å². The molecule has 12 heteroatoms. The molecule has 0 fully saturated rings. The lowest BCUT2D eigenvalue weighted by Gasteiger charge is -2.25. The molecule has 2 amide bonds. The summed E-state index contributed by atoms with van der Waals surface area (Å²) in [7, 11) is -4.46. The third-order valence-corrected chi connectivity index (χ3v) is 6.30. The minimum Gasteiger partial charge on any atom is -0.338 e. The Balaban J connectivity index is 1.95. The Morgan fingerprint density at radius 3 is 2.35 bits per heavy atom.